The molecule has 1 aromatic heterocycles. The summed E-state index contributed by atoms with van der Waals surface area (Å²) < 4.78 is 5.99. The number of rotatable bonds is 3. The lowest BCUT2D eigenvalue weighted by molar-refractivity contribution is -0.142. The molecular formula is C13H14BrNO2. The predicted octanol–water partition coefficient (Wildman–Crippen LogP) is 3.34. The van der Waals surface area contributed by atoms with Gasteiger partial charge in [0.25, 0.3) is 0 Å². The van der Waals surface area contributed by atoms with Crippen LogP contribution in [0.15, 0.2) is 22.7 Å². The maximum Gasteiger partial charge on any atom is 0.311 e. The van der Waals surface area contributed by atoms with Gasteiger partial charge in [-0.3, -0.25) is 4.79 Å². The molecule has 0 aliphatic carbocycles. The molecule has 90 valence electrons. The number of halogens is 1. The zero-order chi connectivity index (χ0) is 12.4. The highest BCUT2D eigenvalue weighted by molar-refractivity contribution is 9.10. The lowest BCUT2D eigenvalue weighted by atomic mass is 10.1. The van der Waals surface area contributed by atoms with E-state index in [1.807, 2.05) is 26.0 Å². The van der Waals surface area contributed by atoms with Crippen LogP contribution in [0.25, 0.3) is 10.9 Å². The molecule has 17 heavy (non-hydrogen) atoms. The van der Waals surface area contributed by atoms with Gasteiger partial charge in [-0.05, 0) is 37.6 Å². The number of hydrogen-bond acceptors (Lipinski definition) is 2. The van der Waals surface area contributed by atoms with Gasteiger partial charge in [0.05, 0.1) is 13.0 Å². The number of carbonyl (C=O) groups is 1. The minimum absolute atomic E-state index is 0.193. The third-order valence-corrected chi connectivity index (χ3v) is 3.24. The van der Waals surface area contributed by atoms with Crippen LogP contribution in [-0.4, -0.2) is 17.6 Å². The second kappa shape index (κ2) is 4.92. The molecule has 0 unspecified atom stereocenters. The fourth-order valence-corrected chi connectivity index (χ4v) is 2.25. The second-order valence-electron chi connectivity index (χ2n) is 3.90. The Balaban J connectivity index is 2.35. The molecule has 2 aromatic rings. The number of esters is 1. The Bertz CT molecular complexity index is 560. The van der Waals surface area contributed by atoms with Gasteiger partial charge in [0, 0.05) is 21.1 Å². The van der Waals surface area contributed by atoms with E-state index in [4.69, 9.17) is 4.74 Å². The number of carbonyl (C=O) groups excluding carboxylic acids is 1. The highest BCUT2D eigenvalue weighted by Crippen LogP contribution is 2.25. The summed E-state index contributed by atoms with van der Waals surface area (Å²) >= 11 is 3.45. The maximum atomic E-state index is 11.5. The third kappa shape index (κ3) is 2.52. The van der Waals surface area contributed by atoms with Crippen molar-refractivity contribution in [2.24, 2.45) is 0 Å². The topological polar surface area (TPSA) is 42.1 Å². The molecule has 0 bridgehead atoms. The standard InChI is InChI=1S/C13H14BrNO2/c1-3-17-13(16)7-12-8(2)10-6-9(14)4-5-11(10)15-12/h4-6,15H,3,7H2,1-2H3. The summed E-state index contributed by atoms with van der Waals surface area (Å²) in [6, 6.07) is 6.03. The predicted molar refractivity (Wildman–Crippen MR) is 71.1 cm³/mol. The molecule has 0 atom stereocenters. The normalized spacial score (nSPS) is 10.8. The lowest BCUT2D eigenvalue weighted by Gasteiger charge is -2.00. The first-order chi connectivity index (χ1) is 8.11. The quantitative estimate of drug-likeness (QED) is 0.883. The molecule has 1 aromatic carbocycles. The summed E-state index contributed by atoms with van der Waals surface area (Å²) in [5, 5.41) is 1.14. The van der Waals surface area contributed by atoms with Crippen molar-refractivity contribution in [1.29, 1.82) is 0 Å². The van der Waals surface area contributed by atoms with E-state index in [-0.39, 0.29) is 5.97 Å². The molecule has 1 N–H and O–H groups in total. The molecule has 0 radical (unpaired) electrons. The molecule has 0 fully saturated rings. The fourth-order valence-electron chi connectivity index (χ4n) is 1.89. The summed E-state index contributed by atoms with van der Waals surface area (Å²) in [7, 11) is 0. The van der Waals surface area contributed by atoms with Crippen molar-refractivity contribution in [3.8, 4) is 0 Å². The number of hydrogen-bond donors (Lipinski definition) is 1. The smallest absolute Gasteiger partial charge is 0.311 e. The Hall–Kier alpha value is -1.29. The van der Waals surface area contributed by atoms with Crippen molar-refractivity contribution in [1.82, 2.24) is 4.98 Å². The van der Waals surface area contributed by atoms with Crippen LogP contribution in [0.4, 0.5) is 0 Å². The minimum atomic E-state index is -0.193. The molecule has 0 aliphatic heterocycles. The number of ether oxygens (including phenoxy) is 1. The second-order valence-corrected chi connectivity index (χ2v) is 4.82. The van der Waals surface area contributed by atoms with E-state index in [1.54, 1.807) is 0 Å². The maximum absolute atomic E-state index is 11.5. The highest BCUT2D eigenvalue weighted by Gasteiger charge is 2.12. The van der Waals surface area contributed by atoms with Gasteiger partial charge in [-0.2, -0.15) is 0 Å². The van der Waals surface area contributed by atoms with E-state index in [1.165, 1.54) is 0 Å². The van der Waals surface area contributed by atoms with E-state index in [2.05, 4.69) is 27.0 Å². The molecule has 0 amide bonds. The van der Waals surface area contributed by atoms with Gasteiger partial charge < -0.3 is 9.72 Å². The van der Waals surface area contributed by atoms with Gasteiger partial charge >= 0.3 is 5.97 Å². The Morgan fingerprint density at radius 3 is 2.94 bits per heavy atom. The SMILES string of the molecule is CCOC(=O)Cc1[nH]c2ccc(Br)cc2c1C. The van der Waals surface area contributed by atoms with Crippen LogP contribution in [0.3, 0.4) is 0 Å². The van der Waals surface area contributed by atoms with Crippen molar-refractivity contribution in [2.45, 2.75) is 20.3 Å². The van der Waals surface area contributed by atoms with Crippen LogP contribution in [0, 0.1) is 6.92 Å². The number of aryl methyl sites for hydroxylation is 1. The first-order valence-corrected chi connectivity index (χ1v) is 6.33. The highest BCUT2D eigenvalue weighted by atomic mass is 79.9. The van der Waals surface area contributed by atoms with Crippen molar-refractivity contribution in [3.05, 3.63) is 33.9 Å². The van der Waals surface area contributed by atoms with Crippen LogP contribution in [0.1, 0.15) is 18.2 Å². The van der Waals surface area contributed by atoms with Gasteiger partial charge in [-0.1, -0.05) is 15.9 Å². The fraction of sp³-hybridized carbons (Fsp3) is 0.308. The van der Waals surface area contributed by atoms with Crippen LogP contribution < -0.4 is 0 Å². The third-order valence-electron chi connectivity index (χ3n) is 2.75. The van der Waals surface area contributed by atoms with Gasteiger partial charge in [0.15, 0.2) is 0 Å². The first kappa shape index (κ1) is 12.2. The average molecular weight is 296 g/mol. The van der Waals surface area contributed by atoms with Crippen molar-refractivity contribution >= 4 is 32.8 Å². The summed E-state index contributed by atoms with van der Waals surface area (Å²) in [5.74, 6) is -0.193. The molecule has 0 saturated carbocycles. The van der Waals surface area contributed by atoms with Gasteiger partial charge in [0.1, 0.15) is 0 Å². The molecule has 0 spiro atoms. The zero-order valence-corrected chi connectivity index (χ0v) is 11.4. The van der Waals surface area contributed by atoms with E-state index in [9.17, 15) is 4.79 Å². The molecule has 2 rings (SSSR count). The Morgan fingerprint density at radius 1 is 1.47 bits per heavy atom. The number of nitrogens with one attached hydrogen (secondary N) is 1. The van der Waals surface area contributed by atoms with Crippen molar-refractivity contribution in [3.63, 3.8) is 0 Å². The van der Waals surface area contributed by atoms with Crippen molar-refractivity contribution in [2.75, 3.05) is 6.61 Å². The molecule has 0 saturated heterocycles. The Labute approximate surface area is 108 Å². The summed E-state index contributed by atoms with van der Waals surface area (Å²) in [5.41, 5.74) is 3.08. The van der Waals surface area contributed by atoms with Gasteiger partial charge in [0.2, 0.25) is 0 Å². The Kier molecular flexibility index (Phi) is 3.52. The molecule has 0 aliphatic rings. The van der Waals surface area contributed by atoms with Gasteiger partial charge in [-0.15, -0.1) is 0 Å². The number of fused-ring (bicyclic) bond motifs is 1. The molecular weight excluding hydrogens is 282 g/mol. The monoisotopic (exact) mass is 295 g/mol. The summed E-state index contributed by atoms with van der Waals surface area (Å²) in [6.45, 7) is 4.25. The lowest BCUT2D eigenvalue weighted by Crippen LogP contribution is -2.08. The number of aromatic amines is 1. The number of H-pyrrole nitrogens is 1. The van der Waals surface area contributed by atoms with E-state index in [0.29, 0.717) is 13.0 Å². The van der Waals surface area contributed by atoms with Crippen LogP contribution in [-0.2, 0) is 16.0 Å². The first-order valence-electron chi connectivity index (χ1n) is 5.54. The summed E-state index contributed by atoms with van der Waals surface area (Å²) in [6.07, 6.45) is 0.298. The average Bonchev–Trinajstić information content (AvgIpc) is 2.57. The Morgan fingerprint density at radius 2 is 2.24 bits per heavy atom. The zero-order valence-electron chi connectivity index (χ0n) is 9.84. The largest absolute Gasteiger partial charge is 0.466 e. The van der Waals surface area contributed by atoms with Crippen LogP contribution in [0.2, 0.25) is 0 Å². The van der Waals surface area contributed by atoms with Gasteiger partial charge in [-0.25, -0.2) is 0 Å². The minimum Gasteiger partial charge on any atom is -0.466 e. The van der Waals surface area contributed by atoms with E-state index < -0.39 is 0 Å². The van der Waals surface area contributed by atoms with E-state index >= 15 is 0 Å². The van der Waals surface area contributed by atoms with Crippen molar-refractivity contribution < 1.29 is 9.53 Å². The van der Waals surface area contributed by atoms with Crippen LogP contribution >= 0.6 is 15.9 Å². The number of aromatic nitrogens is 1. The van der Waals surface area contributed by atoms with E-state index in [0.717, 1.165) is 26.6 Å². The number of benzene rings is 1. The van der Waals surface area contributed by atoms with Crippen LogP contribution in [0.5, 0.6) is 0 Å². The summed E-state index contributed by atoms with van der Waals surface area (Å²) in [4.78, 5) is 14.7. The molecule has 4 heteroatoms. The molecule has 3 nitrogen and oxygen atoms in total. The molecule has 1 heterocycles.